The maximum Gasteiger partial charge on any atom is 0.338 e. The molecule has 1 aromatic carbocycles. The van der Waals surface area contributed by atoms with E-state index in [9.17, 15) is 9.59 Å². The first-order chi connectivity index (χ1) is 11.4. The monoisotopic (exact) mass is 411 g/mol. The summed E-state index contributed by atoms with van der Waals surface area (Å²) in [6.07, 6.45) is 0. The number of nitrogens with zero attached hydrogens (tertiary/aromatic N) is 1. The summed E-state index contributed by atoms with van der Waals surface area (Å²) in [7, 11) is 0. The van der Waals surface area contributed by atoms with Crippen LogP contribution in [0.3, 0.4) is 0 Å². The van der Waals surface area contributed by atoms with Crippen LogP contribution in [0.4, 0.5) is 0 Å². The van der Waals surface area contributed by atoms with E-state index >= 15 is 0 Å². The van der Waals surface area contributed by atoms with Gasteiger partial charge in [-0.05, 0) is 31.5 Å². The second kappa shape index (κ2) is 8.34. The van der Waals surface area contributed by atoms with E-state index in [1.54, 1.807) is 13.8 Å². The van der Waals surface area contributed by atoms with Gasteiger partial charge in [-0.1, -0.05) is 39.8 Å². The summed E-state index contributed by atoms with van der Waals surface area (Å²) >= 11 is 4.64. The summed E-state index contributed by atoms with van der Waals surface area (Å²) in [5, 5.41) is 3.59. The van der Waals surface area contributed by atoms with E-state index in [-0.39, 0.29) is 12.4 Å². The molecule has 2 rings (SSSR count). The summed E-state index contributed by atoms with van der Waals surface area (Å²) < 4.78 is 6.06. The molecule has 6 nitrogen and oxygen atoms in total. The van der Waals surface area contributed by atoms with Crippen LogP contribution in [0.15, 0.2) is 45.0 Å². The number of allylic oxidation sites excluding steroid dienone is 1. The highest BCUT2D eigenvalue weighted by Gasteiger charge is 2.30. The molecule has 1 heterocycles. The molecule has 0 radical (unpaired) electrons. The second-order valence-electron chi connectivity index (χ2n) is 5.03. The first-order valence-electron chi connectivity index (χ1n) is 7.31. The Labute approximate surface area is 153 Å². The topological polar surface area (TPSA) is 93.8 Å². The van der Waals surface area contributed by atoms with Gasteiger partial charge in [0.1, 0.15) is 6.04 Å². The zero-order valence-corrected chi connectivity index (χ0v) is 15.7. The average Bonchev–Trinajstić information content (AvgIpc) is 2.52. The molecule has 0 fully saturated rings. The highest BCUT2D eigenvalue weighted by Crippen LogP contribution is 2.33. The van der Waals surface area contributed by atoms with Crippen molar-refractivity contribution in [3.05, 3.63) is 45.6 Å². The van der Waals surface area contributed by atoms with Crippen molar-refractivity contribution in [1.82, 2.24) is 5.32 Å². The van der Waals surface area contributed by atoms with Crippen LogP contribution >= 0.6 is 27.7 Å². The average molecular weight is 412 g/mol. The fourth-order valence-electron chi connectivity index (χ4n) is 2.25. The van der Waals surface area contributed by atoms with E-state index in [1.807, 2.05) is 24.3 Å². The minimum atomic E-state index is -0.502. The Morgan fingerprint density at radius 3 is 2.83 bits per heavy atom. The van der Waals surface area contributed by atoms with Crippen molar-refractivity contribution in [2.45, 2.75) is 19.9 Å². The number of primary amides is 1. The predicted molar refractivity (Wildman–Crippen MR) is 98.4 cm³/mol. The lowest BCUT2D eigenvalue weighted by Gasteiger charge is -2.25. The first-order valence-corrected chi connectivity index (χ1v) is 9.09. The first kappa shape index (κ1) is 18.5. The van der Waals surface area contributed by atoms with Crippen LogP contribution in [0, 0.1) is 0 Å². The van der Waals surface area contributed by atoms with Crippen LogP contribution in [-0.4, -0.2) is 29.4 Å². The van der Waals surface area contributed by atoms with Gasteiger partial charge in [-0.2, -0.15) is 0 Å². The number of esters is 1. The van der Waals surface area contributed by atoms with Crippen molar-refractivity contribution in [3.8, 4) is 0 Å². The van der Waals surface area contributed by atoms with Crippen LogP contribution in [0.1, 0.15) is 25.5 Å². The van der Waals surface area contributed by atoms with Crippen molar-refractivity contribution in [3.63, 3.8) is 0 Å². The zero-order chi connectivity index (χ0) is 17.7. The van der Waals surface area contributed by atoms with Crippen LogP contribution in [0.25, 0.3) is 0 Å². The third-order valence-electron chi connectivity index (χ3n) is 3.23. The number of ether oxygens (including phenoxy) is 1. The summed E-state index contributed by atoms with van der Waals surface area (Å²) in [5.41, 5.74) is 7.15. The van der Waals surface area contributed by atoms with E-state index in [2.05, 4.69) is 26.2 Å². The van der Waals surface area contributed by atoms with E-state index in [4.69, 9.17) is 10.5 Å². The van der Waals surface area contributed by atoms with Crippen LogP contribution in [0.5, 0.6) is 0 Å². The number of amidine groups is 1. The van der Waals surface area contributed by atoms with E-state index in [0.717, 1.165) is 10.0 Å². The standard InChI is InChI=1S/C16H18BrN3O3S/c1-3-23-15(22)13-9(2)19-16(24-8-12(18)21)20-14(13)10-5-4-6-11(17)7-10/h4-7,14H,3,8H2,1-2H3,(H2,18,21)(H,19,20). The fourth-order valence-corrected chi connectivity index (χ4v) is 3.35. The SMILES string of the molecule is CCOC(=O)C1=C(C)NC(SCC(N)=O)=NC1c1cccc(Br)c1. The molecule has 3 N–H and O–H groups in total. The smallest absolute Gasteiger partial charge is 0.338 e. The van der Waals surface area contributed by atoms with Gasteiger partial charge in [0.2, 0.25) is 5.91 Å². The van der Waals surface area contributed by atoms with Crippen molar-refractivity contribution < 1.29 is 14.3 Å². The van der Waals surface area contributed by atoms with Gasteiger partial charge >= 0.3 is 5.97 Å². The molecule has 0 aliphatic carbocycles. The molecular formula is C16H18BrN3O3S. The molecule has 1 aliphatic heterocycles. The minimum absolute atomic E-state index is 0.110. The summed E-state index contributed by atoms with van der Waals surface area (Å²) in [6, 6.07) is 7.08. The normalized spacial score (nSPS) is 17.1. The number of aliphatic imine (C=N–C) groups is 1. The highest BCUT2D eigenvalue weighted by atomic mass is 79.9. The molecule has 0 saturated carbocycles. The Hall–Kier alpha value is -1.80. The Kier molecular flexibility index (Phi) is 6.44. The third-order valence-corrected chi connectivity index (χ3v) is 4.63. The van der Waals surface area contributed by atoms with Crippen LogP contribution in [-0.2, 0) is 14.3 Å². The number of rotatable bonds is 5. The number of carbonyl (C=O) groups is 2. The molecule has 128 valence electrons. The lowest BCUT2D eigenvalue weighted by Crippen LogP contribution is -2.31. The Morgan fingerprint density at radius 2 is 2.21 bits per heavy atom. The van der Waals surface area contributed by atoms with Gasteiger partial charge < -0.3 is 15.8 Å². The summed E-state index contributed by atoms with van der Waals surface area (Å²) in [6.45, 7) is 3.83. The van der Waals surface area contributed by atoms with Crippen molar-refractivity contribution in [2.24, 2.45) is 10.7 Å². The van der Waals surface area contributed by atoms with Crippen LogP contribution < -0.4 is 11.1 Å². The van der Waals surface area contributed by atoms with Crippen LogP contribution in [0.2, 0.25) is 0 Å². The number of carbonyl (C=O) groups excluding carboxylic acids is 2. The van der Waals surface area contributed by atoms with E-state index < -0.39 is 17.9 Å². The molecule has 1 unspecified atom stereocenters. The van der Waals surface area contributed by atoms with Gasteiger partial charge in [0.25, 0.3) is 0 Å². The number of nitrogens with two attached hydrogens (primary N) is 1. The number of hydrogen-bond donors (Lipinski definition) is 2. The lowest BCUT2D eigenvalue weighted by atomic mass is 9.97. The molecule has 1 amide bonds. The van der Waals surface area contributed by atoms with E-state index in [0.29, 0.717) is 16.4 Å². The Morgan fingerprint density at radius 1 is 1.46 bits per heavy atom. The molecule has 0 saturated heterocycles. The Bertz CT molecular complexity index is 718. The molecule has 1 aliphatic rings. The van der Waals surface area contributed by atoms with Gasteiger partial charge in [-0.15, -0.1) is 0 Å². The van der Waals surface area contributed by atoms with Crippen molar-refractivity contribution >= 4 is 44.7 Å². The van der Waals surface area contributed by atoms with Crippen molar-refractivity contribution in [1.29, 1.82) is 0 Å². The van der Waals surface area contributed by atoms with Crippen molar-refractivity contribution in [2.75, 3.05) is 12.4 Å². The fraction of sp³-hybridized carbons (Fsp3) is 0.312. The number of halogens is 1. The quantitative estimate of drug-likeness (QED) is 0.725. The molecule has 24 heavy (non-hydrogen) atoms. The number of thioether (sulfide) groups is 1. The summed E-state index contributed by atoms with van der Waals surface area (Å²) in [4.78, 5) is 28.0. The second-order valence-corrected chi connectivity index (χ2v) is 6.91. The van der Waals surface area contributed by atoms with Gasteiger partial charge in [0, 0.05) is 10.2 Å². The predicted octanol–water partition coefficient (Wildman–Crippen LogP) is 2.51. The van der Waals surface area contributed by atoms with Gasteiger partial charge in [-0.3, -0.25) is 4.79 Å². The number of hydrogen-bond acceptors (Lipinski definition) is 6. The van der Waals surface area contributed by atoms with E-state index in [1.165, 1.54) is 11.8 Å². The molecular weight excluding hydrogens is 394 g/mol. The maximum absolute atomic E-state index is 12.4. The maximum atomic E-state index is 12.4. The number of benzene rings is 1. The van der Waals surface area contributed by atoms with Gasteiger partial charge in [-0.25, -0.2) is 9.79 Å². The van der Waals surface area contributed by atoms with Gasteiger partial charge in [0.05, 0.1) is 17.9 Å². The molecule has 8 heteroatoms. The largest absolute Gasteiger partial charge is 0.463 e. The third kappa shape index (κ3) is 4.61. The number of amides is 1. The number of nitrogens with one attached hydrogen (secondary N) is 1. The molecule has 0 spiro atoms. The molecule has 1 aromatic rings. The lowest BCUT2D eigenvalue weighted by molar-refractivity contribution is -0.139. The molecule has 1 atom stereocenters. The molecule has 0 bridgehead atoms. The molecule has 0 aromatic heterocycles. The minimum Gasteiger partial charge on any atom is -0.463 e. The summed E-state index contributed by atoms with van der Waals surface area (Å²) in [5.74, 6) is -0.726. The Balaban J connectivity index is 2.40. The zero-order valence-electron chi connectivity index (χ0n) is 13.3. The highest BCUT2D eigenvalue weighted by molar-refractivity contribution is 9.10. The van der Waals surface area contributed by atoms with Gasteiger partial charge in [0.15, 0.2) is 5.17 Å².